The minimum absolute atomic E-state index is 0.0560. The Morgan fingerprint density at radius 1 is 1.18 bits per heavy atom. The first-order valence-electron chi connectivity index (χ1n) is 9.92. The number of carbonyl (C=O) groups is 1. The van der Waals surface area contributed by atoms with Crippen molar-refractivity contribution in [3.05, 3.63) is 91.2 Å². The molecule has 0 saturated carbocycles. The molecule has 0 saturated heterocycles. The molecule has 0 unspecified atom stereocenters. The Hall–Kier alpha value is -2.90. The molecule has 0 spiro atoms. The lowest BCUT2D eigenvalue weighted by Gasteiger charge is -2.12. The van der Waals surface area contributed by atoms with Gasteiger partial charge in [0, 0.05) is 17.3 Å². The summed E-state index contributed by atoms with van der Waals surface area (Å²) in [6, 6.07) is 18.8. The molecule has 3 aromatic carbocycles. The summed E-state index contributed by atoms with van der Waals surface area (Å²) in [6.45, 7) is 2.45. The van der Waals surface area contributed by atoms with Gasteiger partial charge < -0.3 is 14.8 Å². The maximum absolute atomic E-state index is 13.9. The molecule has 8 heteroatoms. The maximum Gasteiger partial charge on any atom is 0.266 e. The highest BCUT2D eigenvalue weighted by Gasteiger charge is 2.14. The lowest BCUT2D eigenvalue weighted by molar-refractivity contribution is -0.112. The molecule has 0 bridgehead atoms. The Morgan fingerprint density at radius 2 is 1.97 bits per heavy atom. The number of halogens is 3. The van der Waals surface area contributed by atoms with Crippen LogP contribution in [0.25, 0.3) is 6.08 Å². The summed E-state index contributed by atoms with van der Waals surface area (Å²) in [5.41, 5.74) is 1.56. The first kappa shape index (κ1) is 24.7. The smallest absolute Gasteiger partial charge is 0.266 e. The normalized spacial score (nSPS) is 10.9. The molecule has 3 rings (SSSR count). The zero-order valence-electron chi connectivity index (χ0n) is 17.6. The first-order valence-corrected chi connectivity index (χ1v) is 11.8. The third-order valence-corrected chi connectivity index (χ3v) is 5.82. The number of carbonyl (C=O) groups excluding carboxylic acids is 1. The first-order chi connectivity index (χ1) is 15.9. The van der Waals surface area contributed by atoms with Crippen LogP contribution in [0.1, 0.15) is 18.1 Å². The van der Waals surface area contributed by atoms with Crippen molar-refractivity contribution in [1.29, 1.82) is 5.26 Å². The molecule has 0 aliphatic rings. The van der Waals surface area contributed by atoms with Crippen molar-refractivity contribution in [3.8, 4) is 17.6 Å². The lowest BCUT2D eigenvalue weighted by Crippen LogP contribution is -2.13. The number of nitrogens with one attached hydrogen (secondary N) is 1. The minimum Gasteiger partial charge on any atom is -0.494 e. The van der Waals surface area contributed by atoms with E-state index in [4.69, 9.17) is 9.47 Å². The molecule has 0 heterocycles. The molecule has 0 aliphatic carbocycles. The molecule has 33 heavy (non-hydrogen) atoms. The van der Waals surface area contributed by atoms with Crippen LogP contribution in [0, 0.1) is 20.7 Å². The molecule has 0 atom stereocenters. The molecular weight excluding hydrogens is 602 g/mol. The number of ether oxygens (including phenoxy) is 2. The van der Waals surface area contributed by atoms with Crippen LogP contribution in [-0.2, 0) is 11.4 Å². The zero-order chi connectivity index (χ0) is 23.8. The number of benzene rings is 3. The van der Waals surface area contributed by atoms with Crippen molar-refractivity contribution in [2.24, 2.45) is 0 Å². The largest absolute Gasteiger partial charge is 0.494 e. The third-order valence-electron chi connectivity index (χ3n) is 4.43. The standard InChI is InChI=1S/C25H19BrFIN2O3/c1-2-32-20-8-5-7-19(13-20)30-25(31)18(14-29)10-16-11-21(26)24(23(28)12-16)33-15-17-6-3-4-9-22(17)27/h3-13H,2,15H2,1H3,(H,30,31)/b18-10-. The second-order valence-electron chi connectivity index (χ2n) is 6.78. The van der Waals surface area contributed by atoms with E-state index in [0.29, 0.717) is 39.4 Å². The third kappa shape index (κ3) is 6.79. The van der Waals surface area contributed by atoms with E-state index in [2.05, 4.69) is 43.8 Å². The summed E-state index contributed by atoms with van der Waals surface area (Å²) in [4.78, 5) is 12.6. The predicted molar refractivity (Wildman–Crippen MR) is 137 cm³/mol. The van der Waals surface area contributed by atoms with Crippen LogP contribution in [0.15, 0.2) is 70.7 Å². The van der Waals surface area contributed by atoms with Crippen molar-refractivity contribution in [1.82, 2.24) is 0 Å². The van der Waals surface area contributed by atoms with E-state index in [9.17, 15) is 14.4 Å². The van der Waals surface area contributed by atoms with E-state index in [0.717, 1.165) is 3.57 Å². The van der Waals surface area contributed by atoms with Gasteiger partial charge in [0.05, 0.1) is 14.6 Å². The van der Waals surface area contributed by atoms with Crippen molar-refractivity contribution in [2.75, 3.05) is 11.9 Å². The number of nitrogens with zero attached hydrogens (tertiary/aromatic N) is 1. The Kier molecular flexibility index (Phi) is 8.86. The number of nitriles is 1. The Morgan fingerprint density at radius 3 is 2.67 bits per heavy atom. The molecular formula is C25H19BrFIN2O3. The van der Waals surface area contributed by atoms with Crippen LogP contribution in [0.5, 0.6) is 11.5 Å². The van der Waals surface area contributed by atoms with Crippen molar-refractivity contribution < 1.29 is 18.7 Å². The fourth-order valence-electron chi connectivity index (χ4n) is 2.91. The average Bonchev–Trinajstić information content (AvgIpc) is 2.78. The van der Waals surface area contributed by atoms with Crippen molar-refractivity contribution >= 4 is 56.2 Å². The van der Waals surface area contributed by atoms with Crippen LogP contribution in [-0.4, -0.2) is 12.5 Å². The van der Waals surface area contributed by atoms with E-state index >= 15 is 0 Å². The molecule has 0 fully saturated rings. The topological polar surface area (TPSA) is 71.3 Å². The van der Waals surface area contributed by atoms with Gasteiger partial charge in [0.25, 0.3) is 5.91 Å². The van der Waals surface area contributed by atoms with Crippen molar-refractivity contribution in [3.63, 3.8) is 0 Å². The molecule has 1 amide bonds. The van der Waals surface area contributed by atoms with Gasteiger partial charge in [-0.2, -0.15) is 5.26 Å². The number of hydrogen-bond acceptors (Lipinski definition) is 4. The number of anilines is 1. The molecule has 0 radical (unpaired) electrons. The molecule has 168 valence electrons. The monoisotopic (exact) mass is 620 g/mol. The molecule has 5 nitrogen and oxygen atoms in total. The summed E-state index contributed by atoms with van der Waals surface area (Å²) < 4.78 is 26.5. The van der Waals surface area contributed by atoms with Gasteiger partial charge in [0.15, 0.2) is 0 Å². The van der Waals surface area contributed by atoms with Gasteiger partial charge in [-0.25, -0.2) is 4.39 Å². The molecule has 0 aromatic heterocycles. The molecule has 1 N–H and O–H groups in total. The summed E-state index contributed by atoms with van der Waals surface area (Å²) >= 11 is 5.56. The highest BCUT2D eigenvalue weighted by atomic mass is 127. The van der Waals surface area contributed by atoms with Gasteiger partial charge in [0.1, 0.15) is 35.6 Å². The fourth-order valence-corrected chi connectivity index (χ4v) is 4.68. The quantitative estimate of drug-likeness (QED) is 0.172. The second kappa shape index (κ2) is 11.8. The molecule has 0 aliphatic heterocycles. The van der Waals surface area contributed by atoms with E-state index in [-0.39, 0.29) is 18.0 Å². The van der Waals surface area contributed by atoms with Gasteiger partial charge in [-0.1, -0.05) is 24.3 Å². The van der Waals surface area contributed by atoms with Crippen LogP contribution >= 0.6 is 38.5 Å². The Balaban J connectivity index is 1.76. The zero-order valence-corrected chi connectivity index (χ0v) is 21.3. The van der Waals surface area contributed by atoms with Gasteiger partial charge in [-0.05, 0) is 87.4 Å². The number of hydrogen-bond donors (Lipinski definition) is 1. The summed E-state index contributed by atoms with van der Waals surface area (Å²) in [5, 5.41) is 12.2. The Labute approximate surface area is 213 Å². The average molecular weight is 621 g/mol. The van der Waals surface area contributed by atoms with E-state index < -0.39 is 5.91 Å². The lowest BCUT2D eigenvalue weighted by atomic mass is 10.1. The summed E-state index contributed by atoms with van der Waals surface area (Å²) in [5.74, 6) is 0.311. The maximum atomic E-state index is 13.9. The number of amides is 1. The Bertz CT molecular complexity index is 1220. The van der Waals surface area contributed by atoms with Gasteiger partial charge in [0.2, 0.25) is 0 Å². The van der Waals surface area contributed by atoms with Crippen LogP contribution in [0.2, 0.25) is 0 Å². The predicted octanol–water partition coefficient (Wildman–Crippen LogP) is 6.72. The highest BCUT2D eigenvalue weighted by Crippen LogP contribution is 2.33. The van der Waals surface area contributed by atoms with Crippen LogP contribution < -0.4 is 14.8 Å². The van der Waals surface area contributed by atoms with Crippen molar-refractivity contribution in [2.45, 2.75) is 13.5 Å². The van der Waals surface area contributed by atoms with E-state index in [1.165, 1.54) is 12.1 Å². The van der Waals surface area contributed by atoms with Crippen LogP contribution in [0.3, 0.4) is 0 Å². The highest BCUT2D eigenvalue weighted by molar-refractivity contribution is 14.1. The minimum atomic E-state index is -0.530. The fraction of sp³-hybridized carbons (Fsp3) is 0.120. The van der Waals surface area contributed by atoms with E-state index in [1.807, 2.05) is 13.0 Å². The van der Waals surface area contributed by atoms with Gasteiger partial charge in [-0.15, -0.1) is 0 Å². The van der Waals surface area contributed by atoms with Gasteiger partial charge in [-0.3, -0.25) is 4.79 Å². The van der Waals surface area contributed by atoms with E-state index in [1.54, 1.807) is 54.6 Å². The SMILES string of the molecule is CCOc1cccc(NC(=O)/C(C#N)=C\c2cc(Br)c(OCc3ccccc3F)c(I)c2)c1. The second-order valence-corrected chi connectivity index (χ2v) is 8.80. The summed E-state index contributed by atoms with van der Waals surface area (Å²) in [6.07, 6.45) is 1.50. The summed E-state index contributed by atoms with van der Waals surface area (Å²) in [7, 11) is 0. The number of rotatable bonds is 8. The molecule has 3 aromatic rings. The van der Waals surface area contributed by atoms with Crippen LogP contribution in [0.4, 0.5) is 10.1 Å². The van der Waals surface area contributed by atoms with Gasteiger partial charge >= 0.3 is 0 Å².